The van der Waals surface area contributed by atoms with Gasteiger partial charge in [-0.25, -0.2) is 8.42 Å². The Morgan fingerprint density at radius 3 is 2.00 bits per heavy atom. The number of amides is 2. The van der Waals surface area contributed by atoms with Crippen LogP contribution in [0.25, 0.3) is 0 Å². The van der Waals surface area contributed by atoms with E-state index in [9.17, 15) is 18.0 Å². The van der Waals surface area contributed by atoms with E-state index in [4.69, 9.17) is 0 Å². The van der Waals surface area contributed by atoms with Crippen molar-refractivity contribution in [3.05, 3.63) is 131 Å². The topological polar surface area (TPSA) is 86.8 Å². The summed E-state index contributed by atoms with van der Waals surface area (Å²) in [6.45, 7) is 9.23. The third-order valence-electron chi connectivity index (χ3n) is 7.53. The van der Waals surface area contributed by atoms with E-state index >= 15 is 0 Å². The number of benzene rings is 4. The van der Waals surface area contributed by atoms with Crippen molar-refractivity contribution in [3.63, 3.8) is 0 Å². The maximum atomic E-state index is 14.5. The minimum absolute atomic E-state index is 0.0784. The van der Waals surface area contributed by atoms with Gasteiger partial charge in [0.25, 0.3) is 10.0 Å². The second kappa shape index (κ2) is 14.4. The molecule has 4 rings (SSSR count). The highest BCUT2D eigenvalue weighted by molar-refractivity contribution is 7.92. The van der Waals surface area contributed by atoms with E-state index < -0.39 is 28.5 Å². The predicted molar refractivity (Wildman–Crippen MR) is 176 cm³/mol. The first-order valence-electron chi connectivity index (χ1n) is 14.8. The van der Waals surface area contributed by atoms with Gasteiger partial charge in [0.15, 0.2) is 0 Å². The minimum Gasteiger partial charge on any atom is -0.352 e. The van der Waals surface area contributed by atoms with Crippen molar-refractivity contribution in [2.24, 2.45) is 0 Å². The molecule has 0 fully saturated rings. The van der Waals surface area contributed by atoms with Crippen LogP contribution in [-0.4, -0.2) is 43.8 Å². The average Bonchev–Trinajstić information content (AvgIpc) is 2.99. The van der Waals surface area contributed by atoms with E-state index in [1.54, 1.807) is 30.3 Å². The van der Waals surface area contributed by atoms with Crippen LogP contribution in [-0.2, 0) is 32.6 Å². The zero-order valence-electron chi connectivity index (χ0n) is 26.0. The fraction of sp³-hybridized carbons (Fsp3) is 0.278. The van der Waals surface area contributed by atoms with Crippen LogP contribution in [0, 0.1) is 20.8 Å². The molecule has 0 aromatic heterocycles. The van der Waals surface area contributed by atoms with Gasteiger partial charge in [0, 0.05) is 19.0 Å². The molecule has 7 nitrogen and oxygen atoms in total. The standard InChI is InChI=1S/C36H41N3O4S/c1-26(2)37-36(41)34(23-30-14-8-6-9-15-30)38(24-31-16-12-13-27(3)21-31)35(40)25-39(32-20-19-28(4)29(5)22-32)44(42,43)33-17-10-7-11-18-33/h6-22,26,34H,23-25H2,1-5H3,(H,37,41)/t34-/m0/s1. The van der Waals surface area contributed by atoms with E-state index in [0.717, 1.165) is 32.1 Å². The summed E-state index contributed by atoms with van der Waals surface area (Å²) in [5, 5.41) is 2.99. The van der Waals surface area contributed by atoms with E-state index in [-0.39, 0.29) is 29.8 Å². The van der Waals surface area contributed by atoms with Gasteiger partial charge in [-0.15, -0.1) is 0 Å². The molecule has 0 aliphatic carbocycles. The molecule has 4 aromatic rings. The summed E-state index contributed by atoms with van der Waals surface area (Å²) < 4.78 is 29.4. The van der Waals surface area contributed by atoms with Crippen molar-refractivity contribution in [1.29, 1.82) is 0 Å². The van der Waals surface area contributed by atoms with Crippen LogP contribution in [0.15, 0.2) is 108 Å². The number of hydrogen-bond acceptors (Lipinski definition) is 4. The largest absolute Gasteiger partial charge is 0.352 e. The maximum Gasteiger partial charge on any atom is 0.264 e. The fourth-order valence-electron chi connectivity index (χ4n) is 5.07. The SMILES string of the molecule is Cc1cccc(CN(C(=O)CN(c2ccc(C)c(C)c2)S(=O)(=O)c2ccccc2)[C@@H](Cc2ccccc2)C(=O)NC(C)C)c1. The first kappa shape index (κ1) is 32.5. The van der Waals surface area contributed by atoms with Gasteiger partial charge in [0.2, 0.25) is 11.8 Å². The number of nitrogens with zero attached hydrogens (tertiary/aromatic N) is 2. The number of rotatable bonds is 12. The third kappa shape index (κ3) is 8.14. The number of sulfonamides is 1. The monoisotopic (exact) mass is 611 g/mol. The highest BCUT2D eigenvalue weighted by Gasteiger charge is 2.35. The number of nitrogens with one attached hydrogen (secondary N) is 1. The van der Waals surface area contributed by atoms with Crippen molar-refractivity contribution >= 4 is 27.5 Å². The Labute approximate surface area is 261 Å². The van der Waals surface area contributed by atoms with Crippen LogP contribution in [0.3, 0.4) is 0 Å². The van der Waals surface area contributed by atoms with Crippen LogP contribution in [0.1, 0.15) is 41.7 Å². The Bertz CT molecular complexity index is 1690. The molecule has 1 N–H and O–H groups in total. The molecule has 0 bridgehead atoms. The number of aryl methyl sites for hydroxylation is 3. The molecule has 8 heteroatoms. The quantitative estimate of drug-likeness (QED) is 0.214. The second-order valence-electron chi connectivity index (χ2n) is 11.5. The van der Waals surface area contributed by atoms with Crippen LogP contribution < -0.4 is 9.62 Å². The molecule has 1 atom stereocenters. The van der Waals surface area contributed by atoms with Gasteiger partial charge in [-0.3, -0.25) is 13.9 Å². The molecule has 0 aliphatic rings. The summed E-state index contributed by atoms with van der Waals surface area (Å²) in [5.41, 5.74) is 5.04. The normalized spacial score (nSPS) is 12.0. The first-order valence-corrected chi connectivity index (χ1v) is 16.2. The third-order valence-corrected chi connectivity index (χ3v) is 9.31. The van der Waals surface area contributed by atoms with Crippen LogP contribution >= 0.6 is 0 Å². The molecular weight excluding hydrogens is 570 g/mol. The lowest BCUT2D eigenvalue weighted by Crippen LogP contribution is -2.54. The molecule has 0 aliphatic heterocycles. The minimum atomic E-state index is -4.13. The fourth-order valence-corrected chi connectivity index (χ4v) is 6.50. The van der Waals surface area contributed by atoms with Crippen molar-refractivity contribution in [2.45, 2.75) is 64.6 Å². The van der Waals surface area contributed by atoms with E-state index in [1.807, 2.05) is 95.3 Å². The molecular formula is C36H41N3O4S. The molecule has 4 aromatic carbocycles. The lowest BCUT2D eigenvalue weighted by atomic mass is 10.0. The Morgan fingerprint density at radius 2 is 1.39 bits per heavy atom. The zero-order valence-corrected chi connectivity index (χ0v) is 26.8. The summed E-state index contributed by atoms with van der Waals surface area (Å²) in [6.07, 6.45) is 0.270. The van der Waals surface area contributed by atoms with Crippen LogP contribution in [0.2, 0.25) is 0 Å². The van der Waals surface area contributed by atoms with Crippen LogP contribution in [0.4, 0.5) is 5.69 Å². The predicted octanol–water partition coefficient (Wildman–Crippen LogP) is 5.97. The summed E-state index contributed by atoms with van der Waals surface area (Å²) in [6, 6.07) is 29.7. The van der Waals surface area contributed by atoms with Gasteiger partial charge in [-0.2, -0.15) is 0 Å². The highest BCUT2D eigenvalue weighted by Crippen LogP contribution is 2.27. The van der Waals surface area contributed by atoms with Crippen molar-refractivity contribution < 1.29 is 18.0 Å². The molecule has 0 saturated heterocycles. The zero-order chi connectivity index (χ0) is 31.9. The van der Waals surface area contributed by atoms with Crippen molar-refractivity contribution in [2.75, 3.05) is 10.8 Å². The van der Waals surface area contributed by atoms with Gasteiger partial charge in [0.05, 0.1) is 10.6 Å². The lowest BCUT2D eigenvalue weighted by Gasteiger charge is -2.34. The number of hydrogen-bond donors (Lipinski definition) is 1. The first-order chi connectivity index (χ1) is 21.0. The number of carbonyl (C=O) groups excluding carboxylic acids is 2. The summed E-state index contributed by atoms with van der Waals surface area (Å²) in [4.78, 5) is 29.9. The van der Waals surface area contributed by atoms with Crippen LogP contribution in [0.5, 0.6) is 0 Å². The van der Waals surface area contributed by atoms with Gasteiger partial charge in [0.1, 0.15) is 12.6 Å². The Balaban J connectivity index is 1.82. The molecule has 0 spiro atoms. The molecule has 2 amide bonds. The maximum absolute atomic E-state index is 14.5. The molecule has 230 valence electrons. The summed E-state index contributed by atoms with van der Waals surface area (Å²) in [7, 11) is -4.13. The Morgan fingerprint density at radius 1 is 0.750 bits per heavy atom. The van der Waals surface area contributed by atoms with E-state index in [1.165, 1.54) is 17.0 Å². The number of carbonyl (C=O) groups is 2. The lowest BCUT2D eigenvalue weighted by molar-refractivity contribution is -0.140. The number of anilines is 1. The second-order valence-corrected chi connectivity index (χ2v) is 13.3. The van der Waals surface area contributed by atoms with Gasteiger partial charge in [-0.1, -0.05) is 84.4 Å². The molecule has 0 radical (unpaired) electrons. The van der Waals surface area contributed by atoms with Gasteiger partial charge < -0.3 is 10.2 Å². The van der Waals surface area contributed by atoms with Gasteiger partial charge in [-0.05, 0) is 81.1 Å². The Hall–Kier alpha value is -4.43. The van der Waals surface area contributed by atoms with Crippen molar-refractivity contribution in [1.82, 2.24) is 10.2 Å². The van der Waals surface area contributed by atoms with E-state index in [0.29, 0.717) is 5.69 Å². The molecule has 0 unspecified atom stereocenters. The molecule has 44 heavy (non-hydrogen) atoms. The average molecular weight is 612 g/mol. The van der Waals surface area contributed by atoms with Gasteiger partial charge >= 0.3 is 0 Å². The Kier molecular flexibility index (Phi) is 10.6. The van der Waals surface area contributed by atoms with Crippen molar-refractivity contribution in [3.8, 4) is 0 Å². The summed E-state index contributed by atoms with van der Waals surface area (Å²) >= 11 is 0. The summed E-state index contributed by atoms with van der Waals surface area (Å²) in [5.74, 6) is -0.780. The molecule has 0 saturated carbocycles. The smallest absolute Gasteiger partial charge is 0.264 e. The van der Waals surface area contributed by atoms with E-state index in [2.05, 4.69) is 5.32 Å². The molecule has 0 heterocycles. The highest BCUT2D eigenvalue weighted by atomic mass is 32.2.